The van der Waals surface area contributed by atoms with Crippen molar-refractivity contribution in [2.75, 3.05) is 12.8 Å². The largest absolute Gasteiger partial charge is 0.494 e. The molecule has 0 atom stereocenters. The molecule has 1 aromatic carbocycles. The first-order valence-electron chi connectivity index (χ1n) is 10.1. The Morgan fingerprint density at radius 2 is 1.97 bits per heavy atom. The maximum Gasteiger partial charge on any atom is 0.223 e. The molecule has 0 spiro atoms. The second-order valence-corrected chi connectivity index (χ2v) is 8.66. The molecule has 0 saturated heterocycles. The molecule has 160 valence electrons. The van der Waals surface area contributed by atoms with E-state index in [2.05, 4.69) is 15.1 Å². The van der Waals surface area contributed by atoms with Gasteiger partial charge in [0, 0.05) is 23.1 Å². The summed E-state index contributed by atoms with van der Waals surface area (Å²) in [6, 6.07) is 9.16. The minimum atomic E-state index is -1.05. The van der Waals surface area contributed by atoms with Gasteiger partial charge in [-0.25, -0.2) is 9.97 Å². The van der Waals surface area contributed by atoms with E-state index in [4.69, 9.17) is 15.5 Å². The summed E-state index contributed by atoms with van der Waals surface area (Å²) in [5.41, 5.74) is 6.63. The number of anilines is 1. The second kappa shape index (κ2) is 6.60. The average molecular weight is 420 g/mol. The van der Waals surface area contributed by atoms with Crippen LogP contribution in [0.3, 0.4) is 0 Å². The number of nitrogen functional groups attached to an aromatic ring is 1. The Morgan fingerprint density at radius 3 is 2.61 bits per heavy atom. The van der Waals surface area contributed by atoms with E-state index in [1.165, 1.54) is 4.52 Å². The highest BCUT2D eigenvalue weighted by molar-refractivity contribution is 5.95. The minimum absolute atomic E-state index is 0.0271. The van der Waals surface area contributed by atoms with Gasteiger partial charge in [-0.15, -0.1) is 5.10 Å². The van der Waals surface area contributed by atoms with Gasteiger partial charge in [-0.3, -0.25) is 4.98 Å². The van der Waals surface area contributed by atoms with Gasteiger partial charge in [0.05, 0.1) is 18.4 Å². The quantitative estimate of drug-likeness (QED) is 0.458. The maximum atomic E-state index is 11.0. The molecule has 4 aromatic rings. The van der Waals surface area contributed by atoms with Gasteiger partial charge in [-0.05, 0) is 44.9 Å². The summed E-state index contributed by atoms with van der Waals surface area (Å²) in [5.74, 6) is 1.43. The molecule has 1 aliphatic rings. The Hall–Kier alpha value is -3.30. The Kier molecular flexibility index (Phi) is 4.18. The standard InChI is InChI=1S/C22H24N6O3/c1-21(2,29)13-7-8-16(24-11-13)22(30)9-12(10-22)18-26-19-14-5-4-6-15(31-3)17(14)25-20(23)28(19)27-18/h4-8,11-12,29-30H,9-10H2,1-3H3,(H2,23,25)/t12-,22-. The third kappa shape index (κ3) is 3.08. The van der Waals surface area contributed by atoms with Crippen LogP contribution in [0.1, 0.15) is 49.7 Å². The Bertz CT molecular complexity index is 1290. The van der Waals surface area contributed by atoms with Crippen LogP contribution >= 0.6 is 0 Å². The van der Waals surface area contributed by atoms with Crippen LogP contribution in [0.15, 0.2) is 36.5 Å². The van der Waals surface area contributed by atoms with E-state index in [0.29, 0.717) is 46.8 Å². The van der Waals surface area contributed by atoms with Gasteiger partial charge in [-0.1, -0.05) is 12.1 Å². The molecule has 4 N–H and O–H groups in total. The number of nitrogens with zero attached hydrogens (tertiary/aromatic N) is 5. The number of fused-ring (bicyclic) bond motifs is 3. The highest BCUT2D eigenvalue weighted by Crippen LogP contribution is 2.49. The molecule has 0 aliphatic heterocycles. The van der Waals surface area contributed by atoms with Crippen molar-refractivity contribution in [2.24, 2.45) is 0 Å². The molecular weight excluding hydrogens is 396 g/mol. The number of ether oxygens (including phenoxy) is 1. The molecule has 0 amide bonds. The van der Waals surface area contributed by atoms with Gasteiger partial charge in [0.2, 0.25) is 5.95 Å². The van der Waals surface area contributed by atoms with Gasteiger partial charge in [0.15, 0.2) is 11.5 Å². The van der Waals surface area contributed by atoms with Crippen LogP contribution < -0.4 is 10.5 Å². The molecule has 5 rings (SSSR count). The van der Waals surface area contributed by atoms with Crippen molar-refractivity contribution in [1.82, 2.24) is 24.6 Å². The van der Waals surface area contributed by atoms with Crippen molar-refractivity contribution in [3.8, 4) is 5.75 Å². The summed E-state index contributed by atoms with van der Waals surface area (Å²) in [6.07, 6.45) is 2.51. The SMILES string of the molecule is COc1cccc2c1nc(N)n1nc([C@H]3C[C@@](O)(c4ccc(C(C)(C)O)cn4)C3)nc21. The van der Waals surface area contributed by atoms with Crippen LogP contribution in [0.2, 0.25) is 0 Å². The maximum absolute atomic E-state index is 11.0. The van der Waals surface area contributed by atoms with Crippen LogP contribution in [-0.2, 0) is 11.2 Å². The monoisotopic (exact) mass is 420 g/mol. The van der Waals surface area contributed by atoms with E-state index < -0.39 is 11.2 Å². The van der Waals surface area contributed by atoms with Crippen LogP contribution in [0.4, 0.5) is 5.95 Å². The van der Waals surface area contributed by atoms with Crippen LogP contribution in [-0.4, -0.2) is 41.9 Å². The molecule has 0 radical (unpaired) electrons. The summed E-state index contributed by atoms with van der Waals surface area (Å²) in [7, 11) is 1.59. The molecule has 1 fully saturated rings. The van der Waals surface area contributed by atoms with Gasteiger partial charge in [-0.2, -0.15) is 4.52 Å². The van der Waals surface area contributed by atoms with E-state index in [1.54, 1.807) is 39.3 Å². The first-order valence-corrected chi connectivity index (χ1v) is 10.1. The normalized spacial score (nSPS) is 21.4. The average Bonchev–Trinajstić information content (AvgIpc) is 3.16. The topological polar surface area (TPSA) is 132 Å². The molecule has 3 aromatic heterocycles. The summed E-state index contributed by atoms with van der Waals surface area (Å²) in [4.78, 5) is 13.5. The fourth-order valence-electron chi connectivity index (χ4n) is 4.16. The van der Waals surface area contributed by atoms with Crippen LogP contribution in [0.5, 0.6) is 5.75 Å². The number of hydrogen-bond donors (Lipinski definition) is 3. The van der Waals surface area contributed by atoms with E-state index in [9.17, 15) is 10.2 Å². The predicted molar refractivity (Wildman–Crippen MR) is 115 cm³/mol. The van der Waals surface area contributed by atoms with E-state index in [1.807, 2.05) is 18.2 Å². The predicted octanol–water partition coefficient (Wildman–Crippen LogP) is 2.26. The lowest BCUT2D eigenvalue weighted by atomic mass is 9.68. The summed E-state index contributed by atoms with van der Waals surface area (Å²) < 4.78 is 6.93. The first-order chi connectivity index (χ1) is 14.7. The number of rotatable bonds is 4. The molecule has 3 heterocycles. The van der Waals surface area contributed by atoms with Crippen molar-refractivity contribution < 1.29 is 14.9 Å². The highest BCUT2D eigenvalue weighted by Gasteiger charge is 2.47. The van der Waals surface area contributed by atoms with Gasteiger partial charge in [0.1, 0.15) is 16.9 Å². The van der Waals surface area contributed by atoms with Crippen molar-refractivity contribution in [1.29, 1.82) is 0 Å². The molecule has 1 saturated carbocycles. The minimum Gasteiger partial charge on any atom is -0.494 e. The molecule has 1 aliphatic carbocycles. The molecule has 0 unspecified atom stereocenters. The lowest BCUT2D eigenvalue weighted by Gasteiger charge is -2.41. The van der Waals surface area contributed by atoms with Gasteiger partial charge in [0.25, 0.3) is 0 Å². The van der Waals surface area contributed by atoms with Crippen molar-refractivity contribution in [3.63, 3.8) is 0 Å². The smallest absolute Gasteiger partial charge is 0.223 e. The molecule has 9 heteroatoms. The van der Waals surface area contributed by atoms with Crippen molar-refractivity contribution in [3.05, 3.63) is 53.6 Å². The van der Waals surface area contributed by atoms with Crippen molar-refractivity contribution in [2.45, 2.75) is 43.8 Å². The number of nitrogens with two attached hydrogens (primary N) is 1. The Balaban J connectivity index is 1.45. The Morgan fingerprint density at radius 1 is 1.19 bits per heavy atom. The zero-order valence-electron chi connectivity index (χ0n) is 17.6. The van der Waals surface area contributed by atoms with Crippen LogP contribution in [0.25, 0.3) is 16.6 Å². The number of hydrogen-bond acceptors (Lipinski definition) is 8. The zero-order chi connectivity index (χ0) is 22.0. The molecule has 31 heavy (non-hydrogen) atoms. The zero-order valence-corrected chi connectivity index (χ0v) is 17.6. The molecular formula is C22H24N6O3. The van der Waals surface area contributed by atoms with E-state index in [0.717, 1.165) is 5.39 Å². The summed E-state index contributed by atoms with van der Waals surface area (Å²) in [5, 5.41) is 26.5. The molecule has 0 bridgehead atoms. The van der Waals surface area contributed by atoms with E-state index >= 15 is 0 Å². The fourth-order valence-corrected chi connectivity index (χ4v) is 4.16. The van der Waals surface area contributed by atoms with Crippen LogP contribution in [0, 0.1) is 0 Å². The van der Waals surface area contributed by atoms with E-state index in [-0.39, 0.29) is 11.9 Å². The third-order valence-electron chi connectivity index (χ3n) is 6.01. The number of methoxy groups -OCH3 is 1. The fraction of sp³-hybridized carbons (Fsp3) is 0.364. The van der Waals surface area contributed by atoms with Crippen molar-refractivity contribution >= 4 is 22.5 Å². The number of aromatic nitrogens is 5. The lowest BCUT2D eigenvalue weighted by molar-refractivity contribution is -0.0606. The number of para-hydroxylation sites is 1. The number of pyridine rings is 1. The summed E-state index contributed by atoms with van der Waals surface area (Å²) >= 11 is 0. The first kappa shape index (κ1) is 19.7. The second-order valence-electron chi connectivity index (χ2n) is 8.66. The Labute approximate surface area is 178 Å². The highest BCUT2D eigenvalue weighted by atomic mass is 16.5. The number of aliphatic hydroxyl groups is 2. The lowest BCUT2D eigenvalue weighted by Crippen LogP contribution is -2.41. The molecule has 9 nitrogen and oxygen atoms in total. The van der Waals surface area contributed by atoms with Gasteiger partial charge >= 0.3 is 0 Å². The van der Waals surface area contributed by atoms with Gasteiger partial charge < -0.3 is 20.7 Å². The third-order valence-corrected chi connectivity index (χ3v) is 6.01. The summed E-state index contributed by atoms with van der Waals surface area (Å²) in [6.45, 7) is 3.40. The number of benzene rings is 1.